The highest BCUT2D eigenvalue weighted by atomic mass is 16.5. The molecule has 1 aromatic carbocycles. The molecule has 0 spiro atoms. The number of fused-ring (bicyclic) bond motifs is 1. The number of ether oxygens (including phenoxy) is 2. The van der Waals surface area contributed by atoms with Gasteiger partial charge >= 0.3 is 0 Å². The van der Waals surface area contributed by atoms with Crippen LogP contribution >= 0.6 is 0 Å². The number of nitrogens with one attached hydrogen (secondary N) is 1. The molecule has 0 amide bonds. The Hall–Kier alpha value is -1.97. The average Bonchev–Trinajstić information content (AvgIpc) is 3.21. The van der Waals surface area contributed by atoms with Crippen molar-refractivity contribution in [1.29, 1.82) is 0 Å². The first kappa shape index (κ1) is 11.1. The van der Waals surface area contributed by atoms with Crippen LogP contribution < -0.4 is 14.8 Å². The lowest BCUT2D eigenvalue weighted by Gasteiger charge is -2.10. The largest absolute Gasteiger partial charge is 0.493 e. The summed E-state index contributed by atoms with van der Waals surface area (Å²) in [5, 5.41) is 4.44. The molecular weight excluding hydrogens is 228 g/mol. The van der Waals surface area contributed by atoms with E-state index in [1.165, 1.54) is 12.8 Å². The van der Waals surface area contributed by atoms with Gasteiger partial charge in [0.2, 0.25) is 0 Å². The maximum atomic E-state index is 5.29. The third-order valence-electron chi connectivity index (χ3n) is 3.12. The highest BCUT2D eigenvalue weighted by Crippen LogP contribution is 2.32. The maximum Gasteiger partial charge on any atom is 0.162 e. The Kier molecular flexibility index (Phi) is 2.70. The van der Waals surface area contributed by atoms with Crippen molar-refractivity contribution in [2.75, 3.05) is 19.5 Å². The van der Waals surface area contributed by atoms with Crippen LogP contribution in [0.5, 0.6) is 11.5 Å². The second kappa shape index (κ2) is 4.37. The molecule has 1 fully saturated rings. The van der Waals surface area contributed by atoms with Gasteiger partial charge in [0.25, 0.3) is 0 Å². The standard InChI is InChI=1S/C14H16N2O2/c1-17-12-7-9-3-6-14(15-10-4-5-10)16-11(9)8-13(12)18-2/h3,6-8,10H,4-5H2,1-2H3,(H,15,16). The zero-order chi connectivity index (χ0) is 12.5. The lowest BCUT2D eigenvalue weighted by atomic mass is 10.2. The number of benzene rings is 1. The molecule has 1 aliphatic rings. The number of pyridine rings is 1. The van der Waals surface area contributed by atoms with Crippen LogP contribution in [0.15, 0.2) is 24.3 Å². The minimum absolute atomic E-state index is 0.607. The number of hydrogen-bond acceptors (Lipinski definition) is 4. The van der Waals surface area contributed by atoms with Crippen LogP contribution in [0.25, 0.3) is 10.9 Å². The topological polar surface area (TPSA) is 43.4 Å². The van der Waals surface area contributed by atoms with Gasteiger partial charge in [-0.05, 0) is 31.0 Å². The number of anilines is 1. The number of hydrogen-bond donors (Lipinski definition) is 1. The van der Waals surface area contributed by atoms with Gasteiger partial charge in [-0.15, -0.1) is 0 Å². The Morgan fingerprint density at radius 1 is 1.11 bits per heavy atom. The molecule has 0 radical (unpaired) electrons. The van der Waals surface area contributed by atoms with Crippen LogP contribution in [0.4, 0.5) is 5.82 Å². The van der Waals surface area contributed by atoms with Gasteiger partial charge in [0.05, 0.1) is 19.7 Å². The molecule has 0 atom stereocenters. The highest BCUT2D eigenvalue weighted by Gasteiger charge is 2.21. The number of methoxy groups -OCH3 is 2. The fourth-order valence-electron chi connectivity index (χ4n) is 1.97. The maximum absolute atomic E-state index is 5.29. The fraction of sp³-hybridized carbons (Fsp3) is 0.357. The van der Waals surface area contributed by atoms with Gasteiger partial charge in [0.1, 0.15) is 5.82 Å². The molecule has 0 unspecified atom stereocenters. The molecule has 4 heteroatoms. The highest BCUT2D eigenvalue weighted by molar-refractivity contribution is 5.84. The van der Waals surface area contributed by atoms with E-state index in [4.69, 9.17) is 9.47 Å². The first-order valence-electron chi connectivity index (χ1n) is 6.09. The molecule has 2 aromatic rings. The van der Waals surface area contributed by atoms with Crippen molar-refractivity contribution in [3.05, 3.63) is 24.3 Å². The average molecular weight is 244 g/mol. The summed E-state index contributed by atoms with van der Waals surface area (Å²) in [4.78, 5) is 4.59. The Bertz CT molecular complexity index is 579. The van der Waals surface area contributed by atoms with Gasteiger partial charge in [0.15, 0.2) is 11.5 Å². The second-order valence-electron chi connectivity index (χ2n) is 4.51. The summed E-state index contributed by atoms with van der Waals surface area (Å²) >= 11 is 0. The van der Waals surface area contributed by atoms with Crippen molar-refractivity contribution in [3.63, 3.8) is 0 Å². The van der Waals surface area contributed by atoms with E-state index >= 15 is 0 Å². The van der Waals surface area contributed by atoms with Crippen LogP contribution in [-0.2, 0) is 0 Å². The van der Waals surface area contributed by atoms with E-state index in [0.29, 0.717) is 11.8 Å². The zero-order valence-electron chi connectivity index (χ0n) is 10.6. The summed E-state index contributed by atoms with van der Waals surface area (Å²) < 4.78 is 10.6. The van der Waals surface area contributed by atoms with E-state index in [2.05, 4.69) is 16.4 Å². The van der Waals surface area contributed by atoms with Crippen molar-refractivity contribution in [2.45, 2.75) is 18.9 Å². The smallest absolute Gasteiger partial charge is 0.162 e. The molecule has 1 saturated carbocycles. The first-order chi connectivity index (χ1) is 8.80. The molecule has 1 aromatic heterocycles. The summed E-state index contributed by atoms with van der Waals surface area (Å²) in [5.41, 5.74) is 0.915. The van der Waals surface area contributed by atoms with E-state index in [1.54, 1.807) is 14.2 Å². The van der Waals surface area contributed by atoms with Crippen molar-refractivity contribution >= 4 is 16.7 Å². The monoisotopic (exact) mass is 244 g/mol. The van der Waals surface area contributed by atoms with Gasteiger partial charge in [0, 0.05) is 17.5 Å². The summed E-state index contributed by atoms with van der Waals surface area (Å²) in [6.07, 6.45) is 2.48. The zero-order valence-corrected chi connectivity index (χ0v) is 10.6. The normalized spacial score (nSPS) is 14.6. The summed E-state index contributed by atoms with van der Waals surface area (Å²) in [5.74, 6) is 2.37. The van der Waals surface area contributed by atoms with Crippen LogP contribution in [0.1, 0.15) is 12.8 Å². The molecule has 1 aliphatic carbocycles. The third-order valence-corrected chi connectivity index (χ3v) is 3.12. The third kappa shape index (κ3) is 2.06. The molecule has 0 bridgehead atoms. The molecule has 4 nitrogen and oxygen atoms in total. The summed E-state index contributed by atoms with van der Waals surface area (Å²) in [6, 6.07) is 8.52. The summed E-state index contributed by atoms with van der Waals surface area (Å²) in [6.45, 7) is 0. The van der Waals surface area contributed by atoms with Gasteiger partial charge in [-0.1, -0.05) is 0 Å². The van der Waals surface area contributed by atoms with Crippen LogP contribution in [-0.4, -0.2) is 25.2 Å². The van der Waals surface area contributed by atoms with E-state index in [1.807, 2.05) is 18.2 Å². The molecule has 0 saturated heterocycles. The van der Waals surface area contributed by atoms with Crippen molar-refractivity contribution < 1.29 is 9.47 Å². The Morgan fingerprint density at radius 2 is 1.83 bits per heavy atom. The van der Waals surface area contributed by atoms with Crippen molar-refractivity contribution in [3.8, 4) is 11.5 Å². The van der Waals surface area contributed by atoms with E-state index in [9.17, 15) is 0 Å². The molecular formula is C14H16N2O2. The minimum atomic E-state index is 0.607. The summed E-state index contributed by atoms with van der Waals surface area (Å²) in [7, 11) is 3.27. The molecule has 3 rings (SSSR count). The van der Waals surface area contributed by atoms with Gasteiger partial charge in [-0.3, -0.25) is 0 Å². The predicted molar refractivity (Wildman–Crippen MR) is 71.5 cm³/mol. The number of aromatic nitrogens is 1. The van der Waals surface area contributed by atoms with Crippen molar-refractivity contribution in [2.24, 2.45) is 0 Å². The SMILES string of the molecule is COc1cc2ccc(NC3CC3)nc2cc1OC. The molecule has 18 heavy (non-hydrogen) atoms. The Labute approximate surface area is 106 Å². The van der Waals surface area contributed by atoms with Crippen LogP contribution in [0.2, 0.25) is 0 Å². The van der Waals surface area contributed by atoms with Crippen molar-refractivity contribution in [1.82, 2.24) is 4.98 Å². The van der Waals surface area contributed by atoms with Crippen LogP contribution in [0.3, 0.4) is 0 Å². The van der Waals surface area contributed by atoms with E-state index in [-0.39, 0.29) is 0 Å². The van der Waals surface area contributed by atoms with E-state index < -0.39 is 0 Å². The van der Waals surface area contributed by atoms with Gasteiger partial charge < -0.3 is 14.8 Å². The molecule has 1 N–H and O–H groups in total. The minimum Gasteiger partial charge on any atom is -0.493 e. The fourth-order valence-corrected chi connectivity index (χ4v) is 1.97. The quantitative estimate of drug-likeness (QED) is 0.898. The molecule has 0 aliphatic heterocycles. The number of rotatable bonds is 4. The lowest BCUT2D eigenvalue weighted by Crippen LogP contribution is -2.02. The Balaban J connectivity index is 2.03. The number of nitrogens with zero attached hydrogens (tertiary/aromatic N) is 1. The Morgan fingerprint density at radius 3 is 2.50 bits per heavy atom. The molecule has 94 valence electrons. The van der Waals surface area contributed by atoms with Crippen LogP contribution in [0, 0.1) is 0 Å². The lowest BCUT2D eigenvalue weighted by molar-refractivity contribution is 0.356. The molecule has 1 heterocycles. The predicted octanol–water partition coefficient (Wildman–Crippen LogP) is 2.83. The first-order valence-corrected chi connectivity index (χ1v) is 6.09. The van der Waals surface area contributed by atoms with Gasteiger partial charge in [-0.25, -0.2) is 4.98 Å². The van der Waals surface area contributed by atoms with E-state index in [0.717, 1.165) is 22.5 Å². The second-order valence-corrected chi connectivity index (χ2v) is 4.51. The van der Waals surface area contributed by atoms with Gasteiger partial charge in [-0.2, -0.15) is 0 Å².